The average Bonchev–Trinajstić information content (AvgIpc) is 2.76. The van der Waals surface area contributed by atoms with Crippen LogP contribution in [-0.4, -0.2) is 26.6 Å². The van der Waals surface area contributed by atoms with Crippen LogP contribution in [0.1, 0.15) is 18.1 Å². The van der Waals surface area contributed by atoms with Crippen LogP contribution in [0.3, 0.4) is 0 Å². The van der Waals surface area contributed by atoms with Crippen LogP contribution in [0.15, 0.2) is 82.6 Å². The zero-order valence-corrected chi connectivity index (χ0v) is 19.5. The Morgan fingerprint density at radius 1 is 0.968 bits per heavy atom. The predicted octanol–water partition coefficient (Wildman–Crippen LogP) is 5.25. The lowest BCUT2D eigenvalue weighted by Gasteiger charge is -2.26. The van der Waals surface area contributed by atoms with Crippen molar-refractivity contribution in [3.05, 3.63) is 83.9 Å². The lowest BCUT2D eigenvalue weighted by Crippen LogP contribution is -2.38. The van der Waals surface area contributed by atoms with E-state index < -0.39 is 15.9 Å². The maximum Gasteiger partial charge on any atom is 0.264 e. The van der Waals surface area contributed by atoms with Crippen LogP contribution < -0.4 is 9.62 Å². The smallest absolute Gasteiger partial charge is 0.264 e. The monoisotopic (exact) mass is 454 g/mol. The lowest BCUT2D eigenvalue weighted by molar-refractivity contribution is -0.114. The number of thioether (sulfide) groups is 1. The van der Waals surface area contributed by atoms with Gasteiger partial charge in [-0.15, -0.1) is 11.8 Å². The molecule has 0 radical (unpaired) electrons. The summed E-state index contributed by atoms with van der Waals surface area (Å²) >= 11 is 1.62. The van der Waals surface area contributed by atoms with Crippen molar-refractivity contribution in [2.45, 2.75) is 30.6 Å². The molecule has 0 spiro atoms. The Labute approximate surface area is 188 Å². The van der Waals surface area contributed by atoms with E-state index in [0.29, 0.717) is 11.4 Å². The Bertz CT molecular complexity index is 1160. The number of anilines is 2. The van der Waals surface area contributed by atoms with Gasteiger partial charge < -0.3 is 5.32 Å². The highest BCUT2D eigenvalue weighted by Crippen LogP contribution is 2.29. The summed E-state index contributed by atoms with van der Waals surface area (Å²) in [5, 5.41) is 2.89. The molecule has 0 bridgehead atoms. The van der Waals surface area contributed by atoms with Crippen molar-refractivity contribution in [2.75, 3.05) is 21.9 Å². The summed E-state index contributed by atoms with van der Waals surface area (Å²) < 4.78 is 28.2. The first-order valence-corrected chi connectivity index (χ1v) is 12.4. The quantitative estimate of drug-likeness (QED) is 0.472. The minimum absolute atomic E-state index is 0.144. The molecule has 0 saturated carbocycles. The van der Waals surface area contributed by atoms with E-state index in [-0.39, 0.29) is 11.4 Å². The molecular weight excluding hydrogens is 428 g/mol. The highest BCUT2D eigenvalue weighted by molar-refractivity contribution is 7.99. The summed E-state index contributed by atoms with van der Waals surface area (Å²) in [7, 11) is -3.93. The number of aryl methyl sites for hydroxylation is 2. The number of nitrogens with zero attached hydrogens (tertiary/aromatic N) is 1. The Morgan fingerprint density at radius 2 is 1.65 bits per heavy atom. The number of nitrogens with one attached hydrogen (secondary N) is 1. The van der Waals surface area contributed by atoms with Crippen molar-refractivity contribution >= 4 is 39.1 Å². The minimum Gasteiger partial charge on any atom is -0.323 e. The molecule has 0 aliphatic heterocycles. The Balaban J connectivity index is 1.98. The fourth-order valence-corrected chi connectivity index (χ4v) is 5.44. The molecule has 0 saturated heterocycles. The predicted molar refractivity (Wildman–Crippen MR) is 128 cm³/mol. The van der Waals surface area contributed by atoms with Crippen molar-refractivity contribution in [3.8, 4) is 0 Å². The number of hydrogen-bond acceptors (Lipinski definition) is 4. The van der Waals surface area contributed by atoms with Crippen molar-refractivity contribution in [2.24, 2.45) is 0 Å². The summed E-state index contributed by atoms with van der Waals surface area (Å²) in [6, 6.07) is 21.3. The average molecular weight is 455 g/mol. The van der Waals surface area contributed by atoms with Crippen molar-refractivity contribution in [1.29, 1.82) is 0 Å². The van der Waals surface area contributed by atoms with Gasteiger partial charge in [0, 0.05) is 4.90 Å². The molecule has 7 heteroatoms. The van der Waals surface area contributed by atoms with Crippen LogP contribution in [-0.2, 0) is 14.8 Å². The highest BCUT2D eigenvalue weighted by Gasteiger charge is 2.28. The number of para-hydroxylation sites is 1. The number of benzene rings is 3. The molecule has 3 rings (SSSR count). The van der Waals surface area contributed by atoms with Crippen LogP contribution in [0.4, 0.5) is 11.4 Å². The second-order valence-corrected chi connectivity index (χ2v) is 10.3. The second-order valence-electron chi connectivity index (χ2n) is 7.09. The van der Waals surface area contributed by atoms with Crippen molar-refractivity contribution < 1.29 is 13.2 Å². The second kappa shape index (κ2) is 10.0. The third-order valence-electron chi connectivity index (χ3n) is 4.71. The van der Waals surface area contributed by atoms with E-state index in [9.17, 15) is 13.2 Å². The molecule has 0 unspecified atom stereocenters. The van der Waals surface area contributed by atoms with E-state index in [1.807, 2.05) is 57.2 Å². The summed E-state index contributed by atoms with van der Waals surface area (Å²) in [6.45, 7) is 5.45. The first kappa shape index (κ1) is 22.9. The van der Waals surface area contributed by atoms with Gasteiger partial charge in [0.15, 0.2) is 0 Å². The van der Waals surface area contributed by atoms with Crippen molar-refractivity contribution in [3.63, 3.8) is 0 Å². The summed E-state index contributed by atoms with van der Waals surface area (Å²) in [6.07, 6.45) is 0. The third kappa shape index (κ3) is 5.48. The molecule has 1 amide bonds. The topological polar surface area (TPSA) is 66.5 Å². The molecule has 0 aliphatic rings. The van der Waals surface area contributed by atoms with E-state index in [1.54, 1.807) is 48.2 Å². The number of sulfonamides is 1. The van der Waals surface area contributed by atoms with Gasteiger partial charge in [0.1, 0.15) is 6.54 Å². The van der Waals surface area contributed by atoms with E-state index in [4.69, 9.17) is 0 Å². The van der Waals surface area contributed by atoms with Gasteiger partial charge >= 0.3 is 0 Å². The maximum atomic E-state index is 13.5. The van der Waals surface area contributed by atoms with Gasteiger partial charge in [-0.05, 0) is 61.1 Å². The molecule has 0 aliphatic carbocycles. The first-order valence-electron chi connectivity index (χ1n) is 9.99. The number of carbonyl (C=O) groups excluding carboxylic acids is 1. The van der Waals surface area contributed by atoms with Crippen LogP contribution in [0.5, 0.6) is 0 Å². The SMILES string of the molecule is CCSc1ccccc1NC(=O)CN(c1cc(C)ccc1C)S(=O)(=O)c1ccccc1. The summed E-state index contributed by atoms with van der Waals surface area (Å²) in [5.74, 6) is 0.466. The zero-order valence-electron chi connectivity index (χ0n) is 17.8. The van der Waals surface area contributed by atoms with Crippen LogP contribution in [0.25, 0.3) is 0 Å². The fourth-order valence-electron chi connectivity index (χ4n) is 3.18. The molecule has 0 fully saturated rings. The number of hydrogen-bond donors (Lipinski definition) is 1. The van der Waals surface area contributed by atoms with Crippen LogP contribution >= 0.6 is 11.8 Å². The van der Waals surface area contributed by atoms with Crippen molar-refractivity contribution in [1.82, 2.24) is 0 Å². The van der Waals surface area contributed by atoms with E-state index in [0.717, 1.165) is 21.8 Å². The van der Waals surface area contributed by atoms with E-state index in [2.05, 4.69) is 5.32 Å². The molecule has 3 aromatic carbocycles. The molecule has 3 aromatic rings. The fraction of sp³-hybridized carbons (Fsp3) is 0.208. The standard InChI is InChI=1S/C24H26N2O3S2/c1-4-30-23-13-9-8-12-21(23)25-24(27)17-26(22-16-18(2)14-15-19(22)3)31(28,29)20-10-6-5-7-11-20/h5-16H,4,17H2,1-3H3,(H,25,27). The van der Waals surface area contributed by atoms with Gasteiger partial charge in [0.05, 0.1) is 16.3 Å². The first-order chi connectivity index (χ1) is 14.8. The summed E-state index contributed by atoms with van der Waals surface area (Å²) in [4.78, 5) is 14.1. The van der Waals surface area contributed by atoms with Gasteiger partial charge in [-0.1, -0.05) is 49.4 Å². The molecule has 5 nitrogen and oxygen atoms in total. The minimum atomic E-state index is -3.93. The van der Waals surface area contributed by atoms with Crippen LogP contribution in [0.2, 0.25) is 0 Å². The van der Waals surface area contributed by atoms with Crippen LogP contribution in [0, 0.1) is 13.8 Å². The third-order valence-corrected chi connectivity index (χ3v) is 7.44. The van der Waals surface area contributed by atoms with Gasteiger partial charge in [0.25, 0.3) is 10.0 Å². The van der Waals surface area contributed by atoms with Gasteiger partial charge in [-0.25, -0.2) is 8.42 Å². The molecule has 162 valence electrons. The largest absolute Gasteiger partial charge is 0.323 e. The lowest BCUT2D eigenvalue weighted by atomic mass is 10.1. The molecular formula is C24H26N2O3S2. The number of rotatable bonds is 8. The number of amides is 1. The van der Waals surface area contributed by atoms with Gasteiger partial charge in [-0.3, -0.25) is 9.10 Å². The Morgan fingerprint density at radius 3 is 2.35 bits per heavy atom. The van der Waals surface area contributed by atoms with E-state index >= 15 is 0 Å². The Hall–Kier alpha value is -2.77. The summed E-state index contributed by atoms with van der Waals surface area (Å²) in [5.41, 5.74) is 2.87. The molecule has 1 N–H and O–H groups in total. The highest BCUT2D eigenvalue weighted by atomic mass is 32.2. The molecule has 0 atom stereocenters. The molecule has 0 heterocycles. The van der Waals surface area contributed by atoms with Gasteiger partial charge in [0.2, 0.25) is 5.91 Å². The normalized spacial score (nSPS) is 11.2. The Kier molecular flexibility index (Phi) is 7.41. The molecule has 0 aromatic heterocycles. The zero-order chi connectivity index (χ0) is 22.4. The molecule has 31 heavy (non-hydrogen) atoms. The number of carbonyl (C=O) groups is 1. The van der Waals surface area contributed by atoms with Gasteiger partial charge in [-0.2, -0.15) is 0 Å². The van der Waals surface area contributed by atoms with E-state index in [1.165, 1.54) is 4.31 Å². The maximum absolute atomic E-state index is 13.5.